The van der Waals surface area contributed by atoms with Gasteiger partial charge in [-0.1, -0.05) is 29.4 Å². The second-order valence-corrected chi connectivity index (χ2v) is 6.27. The molecule has 1 amide bonds. The summed E-state index contributed by atoms with van der Waals surface area (Å²) in [6.07, 6.45) is -5.02. The Morgan fingerprint density at radius 1 is 1.35 bits per heavy atom. The van der Waals surface area contributed by atoms with Crippen molar-refractivity contribution >= 4 is 22.7 Å². The van der Waals surface area contributed by atoms with Crippen LogP contribution in [0.3, 0.4) is 0 Å². The van der Waals surface area contributed by atoms with E-state index in [4.69, 9.17) is 4.74 Å². The number of amides is 1. The Morgan fingerprint density at radius 3 is 2.65 bits per heavy atom. The van der Waals surface area contributed by atoms with Crippen molar-refractivity contribution in [1.29, 1.82) is 0 Å². The summed E-state index contributed by atoms with van der Waals surface area (Å²) in [5, 5.41) is 6.79. The summed E-state index contributed by atoms with van der Waals surface area (Å²) < 4.78 is 46.5. The van der Waals surface area contributed by atoms with Crippen molar-refractivity contribution in [1.82, 2.24) is 15.5 Å². The van der Waals surface area contributed by atoms with Gasteiger partial charge < -0.3 is 14.6 Å². The molecule has 7 nitrogen and oxygen atoms in total. The molecule has 0 spiro atoms. The predicted molar refractivity (Wildman–Crippen MR) is 87.5 cm³/mol. The number of nitrogens with zero attached hydrogens (tertiary/aromatic N) is 3. The molecule has 26 heavy (non-hydrogen) atoms. The minimum atomic E-state index is -4.68. The van der Waals surface area contributed by atoms with Crippen LogP contribution in [0.4, 0.5) is 13.2 Å². The lowest BCUT2D eigenvalue weighted by Crippen LogP contribution is -2.36. The second-order valence-electron chi connectivity index (χ2n) is 5.26. The van der Waals surface area contributed by atoms with E-state index in [-0.39, 0.29) is 24.5 Å². The van der Waals surface area contributed by atoms with E-state index in [2.05, 4.69) is 25.0 Å². The molecule has 0 bridgehead atoms. The molecule has 138 valence electrons. The van der Waals surface area contributed by atoms with Crippen LogP contribution in [0.1, 0.15) is 11.5 Å². The minimum absolute atomic E-state index is 0.0364. The fourth-order valence-corrected chi connectivity index (χ4v) is 3.16. The minimum Gasteiger partial charge on any atom is -0.375 e. The van der Waals surface area contributed by atoms with Crippen LogP contribution < -0.4 is 5.32 Å². The largest absolute Gasteiger partial charge is 0.471 e. The van der Waals surface area contributed by atoms with E-state index < -0.39 is 12.1 Å². The average Bonchev–Trinajstić information content (AvgIpc) is 3.24. The number of rotatable bonds is 5. The smallest absolute Gasteiger partial charge is 0.375 e. The number of hydrogen-bond donors (Lipinski definition) is 1. The molecule has 1 aliphatic heterocycles. The Morgan fingerprint density at radius 2 is 2.04 bits per heavy atom. The van der Waals surface area contributed by atoms with Crippen molar-refractivity contribution in [3.8, 4) is 11.4 Å². The van der Waals surface area contributed by atoms with Gasteiger partial charge in [0.15, 0.2) is 0 Å². The van der Waals surface area contributed by atoms with Gasteiger partial charge in [-0.25, -0.2) is 0 Å². The molecule has 11 heteroatoms. The van der Waals surface area contributed by atoms with E-state index in [1.807, 2.05) is 0 Å². The van der Waals surface area contributed by atoms with Crippen LogP contribution in [0.25, 0.3) is 11.4 Å². The molecule has 2 aromatic rings. The number of alkyl halides is 3. The average molecular weight is 386 g/mol. The summed E-state index contributed by atoms with van der Waals surface area (Å²) in [6, 6.07) is 6.56. The van der Waals surface area contributed by atoms with E-state index >= 15 is 0 Å². The number of nitrogens with one attached hydrogen (secondary N) is 1. The maximum atomic E-state index is 12.5. The van der Waals surface area contributed by atoms with Crippen LogP contribution in [-0.4, -0.2) is 46.7 Å². The molecule has 0 fully saturated rings. The molecule has 0 saturated carbocycles. The fraction of sp³-hybridized carbons (Fsp3) is 0.333. The molecule has 1 unspecified atom stereocenters. The van der Waals surface area contributed by atoms with Crippen molar-refractivity contribution in [2.75, 3.05) is 19.5 Å². The first-order chi connectivity index (χ1) is 12.4. The zero-order valence-electron chi connectivity index (χ0n) is 13.4. The molecule has 3 rings (SSSR count). The highest BCUT2D eigenvalue weighted by Crippen LogP contribution is 2.30. The lowest BCUT2D eigenvalue weighted by molar-refractivity contribution is -0.159. The normalized spacial score (nSPS) is 17.2. The molecular formula is C15H13F3N4O3S. The number of carbonyl (C=O) groups is 1. The molecule has 2 heterocycles. The Hall–Kier alpha value is -2.40. The number of aliphatic imine (C=N–C) groups is 1. The molecule has 1 N–H and O–H groups in total. The van der Waals surface area contributed by atoms with Crippen LogP contribution >= 0.6 is 11.8 Å². The summed E-state index contributed by atoms with van der Waals surface area (Å²) >= 11 is 1.47. The van der Waals surface area contributed by atoms with Crippen LogP contribution in [0.15, 0.2) is 33.8 Å². The predicted octanol–water partition coefficient (Wildman–Crippen LogP) is 2.34. The zero-order chi connectivity index (χ0) is 18.7. The third kappa shape index (κ3) is 4.22. The zero-order valence-corrected chi connectivity index (χ0v) is 14.2. The SMILES string of the molecule is COCC(=O)NC1CSC(c2ccc(-c3noc(C(F)(F)F)n3)cc2)=N1. The molecule has 1 aromatic heterocycles. The molecule has 0 radical (unpaired) electrons. The standard InChI is InChI=1S/C15H13F3N4O3S/c1-24-6-11(23)19-10-7-26-13(20-10)9-4-2-8(3-5-9)12-21-14(25-22-12)15(16,17)18/h2-5,10H,6-7H2,1H3,(H,19,23). The molecule has 1 aliphatic rings. The van der Waals surface area contributed by atoms with Crippen LogP contribution in [0.2, 0.25) is 0 Å². The molecule has 1 aromatic carbocycles. The van der Waals surface area contributed by atoms with Crippen LogP contribution in [0, 0.1) is 0 Å². The van der Waals surface area contributed by atoms with Crippen molar-refractivity contribution in [3.63, 3.8) is 0 Å². The van der Waals surface area contributed by atoms with Crippen molar-refractivity contribution in [3.05, 3.63) is 35.7 Å². The maximum Gasteiger partial charge on any atom is 0.471 e. The molecule has 0 aliphatic carbocycles. The third-order valence-electron chi connectivity index (χ3n) is 3.31. The first-order valence-electron chi connectivity index (χ1n) is 7.37. The van der Waals surface area contributed by atoms with Crippen LogP contribution in [0.5, 0.6) is 0 Å². The number of ether oxygens (including phenoxy) is 1. The number of thioether (sulfide) groups is 1. The van der Waals surface area contributed by atoms with Gasteiger partial charge in [-0.2, -0.15) is 18.2 Å². The number of methoxy groups -OCH3 is 1. The Labute approximate surface area is 150 Å². The first kappa shape index (κ1) is 18.4. The highest BCUT2D eigenvalue weighted by molar-refractivity contribution is 8.14. The maximum absolute atomic E-state index is 12.5. The van der Waals surface area contributed by atoms with E-state index in [0.717, 1.165) is 10.6 Å². The fourth-order valence-electron chi connectivity index (χ4n) is 2.18. The van der Waals surface area contributed by atoms with Gasteiger partial charge in [0.25, 0.3) is 0 Å². The Bertz CT molecular complexity index is 820. The molecular weight excluding hydrogens is 373 g/mol. The monoisotopic (exact) mass is 386 g/mol. The van der Waals surface area contributed by atoms with Gasteiger partial charge in [0.2, 0.25) is 11.7 Å². The number of aromatic nitrogens is 2. The van der Waals surface area contributed by atoms with Crippen molar-refractivity contribution in [2.45, 2.75) is 12.3 Å². The van der Waals surface area contributed by atoms with Crippen LogP contribution in [-0.2, 0) is 15.7 Å². The van der Waals surface area contributed by atoms with Gasteiger partial charge in [-0.05, 0) is 0 Å². The summed E-state index contributed by atoms with van der Waals surface area (Å²) in [7, 11) is 1.43. The summed E-state index contributed by atoms with van der Waals surface area (Å²) in [4.78, 5) is 19.3. The van der Waals surface area contributed by atoms with Gasteiger partial charge in [0, 0.05) is 24.0 Å². The number of benzene rings is 1. The Balaban J connectivity index is 1.70. The Kier molecular flexibility index (Phi) is 5.28. The second kappa shape index (κ2) is 7.46. The number of halogens is 3. The number of carbonyl (C=O) groups excluding carboxylic acids is 1. The van der Waals surface area contributed by atoms with E-state index in [0.29, 0.717) is 11.3 Å². The van der Waals surface area contributed by atoms with Gasteiger partial charge in [-0.15, -0.1) is 11.8 Å². The first-order valence-corrected chi connectivity index (χ1v) is 8.36. The van der Waals surface area contributed by atoms with Gasteiger partial charge >= 0.3 is 12.1 Å². The number of hydrogen-bond acceptors (Lipinski definition) is 7. The molecule has 0 saturated heterocycles. The lowest BCUT2D eigenvalue weighted by Gasteiger charge is -2.07. The van der Waals surface area contributed by atoms with Crippen molar-refractivity contribution in [2.24, 2.45) is 4.99 Å². The van der Waals surface area contributed by atoms with E-state index in [9.17, 15) is 18.0 Å². The lowest BCUT2D eigenvalue weighted by atomic mass is 10.1. The third-order valence-corrected chi connectivity index (χ3v) is 4.41. The summed E-state index contributed by atoms with van der Waals surface area (Å²) in [5.74, 6) is -1.20. The highest BCUT2D eigenvalue weighted by Gasteiger charge is 2.38. The van der Waals surface area contributed by atoms with E-state index in [1.165, 1.54) is 18.9 Å². The molecule has 1 atom stereocenters. The van der Waals surface area contributed by atoms with E-state index in [1.54, 1.807) is 24.3 Å². The van der Waals surface area contributed by atoms with Gasteiger partial charge in [-0.3, -0.25) is 9.79 Å². The topological polar surface area (TPSA) is 89.6 Å². The van der Waals surface area contributed by atoms with Gasteiger partial charge in [0.1, 0.15) is 17.8 Å². The highest BCUT2D eigenvalue weighted by atomic mass is 32.2. The van der Waals surface area contributed by atoms with Gasteiger partial charge in [0.05, 0.1) is 0 Å². The van der Waals surface area contributed by atoms with Crippen molar-refractivity contribution < 1.29 is 27.2 Å². The summed E-state index contributed by atoms with van der Waals surface area (Å²) in [6.45, 7) is -0.0364. The quantitative estimate of drug-likeness (QED) is 0.848. The summed E-state index contributed by atoms with van der Waals surface area (Å²) in [5.41, 5.74) is 1.17.